The number of carbonyl (C=O) groups is 1. The van der Waals surface area contributed by atoms with Crippen LogP contribution in [-0.4, -0.2) is 35.3 Å². The molecule has 1 aromatic carbocycles. The van der Waals surface area contributed by atoms with Gasteiger partial charge in [0.1, 0.15) is 12.4 Å². The summed E-state index contributed by atoms with van der Waals surface area (Å²) >= 11 is 1.48. The third-order valence-corrected chi connectivity index (χ3v) is 7.50. The molecule has 180 valence electrons. The minimum Gasteiger partial charge on any atom is -0.488 e. The Morgan fingerprint density at radius 3 is 2.54 bits per heavy atom. The van der Waals surface area contributed by atoms with Gasteiger partial charge in [-0.15, -0.1) is 11.8 Å². The molecule has 1 amide bonds. The van der Waals surface area contributed by atoms with Gasteiger partial charge in [0.2, 0.25) is 0 Å². The molecule has 6 nitrogen and oxygen atoms in total. The topological polar surface area (TPSA) is 67.3 Å². The molecule has 0 radical (unpaired) electrons. The van der Waals surface area contributed by atoms with Crippen LogP contribution in [0.15, 0.2) is 47.5 Å². The Kier molecular flexibility index (Phi) is 5.84. The smallest absolute Gasteiger partial charge is 0.253 e. The molecule has 0 spiro atoms. The predicted molar refractivity (Wildman–Crippen MR) is 134 cm³/mol. The van der Waals surface area contributed by atoms with Crippen molar-refractivity contribution in [3.8, 4) is 5.75 Å². The van der Waals surface area contributed by atoms with Crippen LogP contribution in [0.25, 0.3) is 0 Å². The predicted octanol–water partition coefficient (Wildman–Crippen LogP) is 5.55. The van der Waals surface area contributed by atoms with Crippen molar-refractivity contribution in [3.05, 3.63) is 70.9 Å². The van der Waals surface area contributed by atoms with E-state index in [-0.39, 0.29) is 18.3 Å². The lowest BCUT2D eigenvalue weighted by molar-refractivity contribution is 0.0949. The summed E-state index contributed by atoms with van der Waals surface area (Å²) in [4.78, 5) is 25.4. The minimum atomic E-state index is -0.326. The number of aromatic nitrogens is 2. The van der Waals surface area contributed by atoms with Crippen LogP contribution in [-0.2, 0) is 6.54 Å². The molecule has 0 bridgehead atoms. The van der Waals surface area contributed by atoms with Crippen LogP contribution in [0.1, 0.15) is 64.8 Å². The molecule has 3 aliphatic rings. The van der Waals surface area contributed by atoms with Crippen molar-refractivity contribution < 1.29 is 13.9 Å². The molecule has 8 heteroatoms. The van der Waals surface area contributed by atoms with Crippen LogP contribution in [0.3, 0.4) is 0 Å². The van der Waals surface area contributed by atoms with Crippen molar-refractivity contribution >= 4 is 29.2 Å². The number of hydrogen-bond acceptors (Lipinski definition) is 6. The summed E-state index contributed by atoms with van der Waals surface area (Å²) in [7, 11) is 0. The van der Waals surface area contributed by atoms with E-state index in [2.05, 4.69) is 27.3 Å². The van der Waals surface area contributed by atoms with Gasteiger partial charge in [-0.3, -0.25) is 9.78 Å². The Bertz CT molecular complexity index is 1260. The van der Waals surface area contributed by atoms with Gasteiger partial charge in [-0.1, -0.05) is 6.07 Å². The second kappa shape index (κ2) is 9.15. The molecule has 0 saturated heterocycles. The summed E-state index contributed by atoms with van der Waals surface area (Å²) in [5, 5.41) is 2.79. The van der Waals surface area contributed by atoms with Crippen LogP contribution >= 0.6 is 11.8 Å². The normalized spacial score (nSPS) is 17.0. The van der Waals surface area contributed by atoms with Gasteiger partial charge in [0.15, 0.2) is 11.6 Å². The van der Waals surface area contributed by atoms with Gasteiger partial charge < -0.3 is 15.0 Å². The molecule has 2 aliphatic carbocycles. The Labute approximate surface area is 208 Å². The monoisotopic (exact) mass is 490 g/mol. The maximum Gasteiger partial charge on any atom is 0.253 e. The zero-order valence-corrected chi connectivity index (χ0v) is 20.4. The number of nitrogens with zero attached hydrogens (tertiary/aromatic N) is 3. The van der Waals surface area contributed by atoms with Crippen molar-refractivity contribution in [3.63, 3.8) is 0 Å². The molecular weight excluding hydrogens is 463 g/mol. The van der Waals surface area contributed by atoms with Crippen molar-refractivity contribution in [2.75, 3.05) is 24.3 Å². The fraction of sp³-hybridized carbons (Fsp3) is 0.370. The summed E-state index contributed by atoms with van der Waals surface area (Å²) in [5.74, 6) is 1.80. The van der Waals surface area contributed by atoms with Gasteiger partial charge in [-0.05, 0) is 62.3 Å². The van der Waals surface area contributed by atoms with Crippen molar-refractivity contribution in [2.45, 2.75) is 49.0 Å². The van der Waals surface area contributed by atoms with Crippen LogP contribution in [0.5, 0.6) is 5.75 Å². The van der Waals surface area contributed by atoms with Crippen molar-refractivity contribution in [1.82, 2.24) is 15.3 Å². The lowest BCUT2D eigenvalue weighted by Crippen LogP contribution is -2.30. The molecule has 3 heterocycles. The number of ether oxygens (including phenoxy) is 1. The summed E-state index contributed by atoms with van der Waals surface area (Å²) in [6.07, 6.45) is 8.30. The summed E-state index contributed by atoms with van der Waals surface area (Å²) in [6.45, 7) is 1.30. The molecule has 0 unspecified atom stereocenters. The van der Waals surface area contributed by atoms with Gasteiger partial charge in [0.25, 0.3) is 5.91 Å². The van der Waals surface area contributed by atoms with E-state index in [0.29, 0.717) is 47.7 Å². The van der Waals surface area contributed by atoms with E-state index >= 15 is 0 Å². The largest absolute Gasteiger partial charge is 0.488 e. The van der Waals surface area contributed by atoms with Gasteiger partial charge in [0.05, 0.1) is 12.1 Å². The zero-order valence-electron chi connectivity index (χ0n) is 19.6. The number of halogens is 1. The first-order chi connectivity index (χ1) is 17.1. The number of benzene rings is 1. The number of amides is 1. The van der Waals surface area contributed by atoms with E-state index in [1.54, 1.807) is 18.3 Å². The van der Waals surface area contributed by atoms with Crippen LogP contribution in [0.4, 0.5) is 15.9 Å². The first-order valence-electron chi connectivity index (χ1n) is 12.1. The number of anilines is 2. The second-order valence-electron chi connectivity index (χ2n) is 9.41. The Hall–Kier alpha value is -3.13. The van der Waals surface area contributed by atoms with E-state index in [4.69, 9.17) is 9.72 Å². The Morgan fingerprint density at radius 2 is 1.89 bits per heavy atom. The van der Waals surface area contributed by atoms with Crippen LogP contribution < -0.4 is 15.0 Å². The lowest BCUT2D eigenvalue weighted by Gasteiger charge is -2.30. The number of nitrogens with one attached hydrogen (secondary N) is 1. The third-order valence-electron chi connectivity index (χ3n) is 6.78. The van der Waals surface area contributed by atoms with E-state index in [0.717, 1.165) is 10.6 Å². The highest BCUT2D eigenvalue weighted by Crippen LogP contribution is 2.46. The van der Waals surface area contributed by atoms with E-state index in [9.17, 15) is 9.18 Å². The zero-order chi connectivity index (χ0) is 23.9. The standard InChI is InChI=1S/C27H27FN4O2S/c1-35-21-7-6-18(22(28)13-21)14-30-27(33)19-10-25-26(29-15-19)32(8-9-34-25)20-11-23(16-2-3-16)31-24(12-20)17-4-5-17/h6-7,10-13,15-17H,2-5,8-9,14H2,1H3,(H,30,33). The molecular formula is C27H27FN4O2S. The van der Waals surface area contributed by atoms with E-state index < -0.39 is 0 Å². The highest BCUT2D eigenvalue weighted by atomic mass is 32.2. The third kappa shape index (κ3) is 4.72. The molecule has 2 fully saturated rings. The van der Waals surface area contributed by atoms with Gasteiger partial charge in [-0.25, -0.2) is 9.37 Å². The number of carbonyl (C=O) groups excluding carboxylic acids is 1. The van der Waals surface area contributed by atoms with E-state index in [1.807, 2.05) is 12.3 Å². The maximum absolute atomic E-state index is 14.3. The number of pyridine rings is 2. The maximum atomic E-state index is 14.3. The minimum absolute atomic E-state index is 0.105. The first-order valence-corrected chi connectivity index (χ1v) is 13.3. The molecule has 6 rings (SSSR count). The number of thioether (sulfide) groups is 1. The second-order valence-corrected chi connectivity index (χ2v) is 10.3. The van der Waals surface area contributed by atoms with Crippen LogP contribution in [0, 0.1) is 5.82 Å². The molecule has 2 aromatic heterocycles. The Balaban J connectivity index is 1.22. The van der Waals surface area contributed by atoms with Gasteiger partial charge in [0, 0.05) is 52.1 Å². The quantitative estimate of drug-likeness (QED) is 0.438. The molecule has 2 saturated carbocycles. The molecule has 0 atom stereocenters. The average Bonchev–Trinajstić information content (AvgIpc) is 3.79. The summed E-state index contributed by atoms with van der Waals surface area (Å²) in [5.41, 5.74) is 4.30. The highest BCUT2D eigenvalue weighted by Gasteiger charge is 2.32. The number of rotatable bonds is 7. The lowest BCUT2D eigenvalue weighted by atomic mass is 10.1. The van der Waals surface area contributed by atoms with Crippen molar-refractivity contribution in [1.29, 1.82) is 0 Å². The number of fused-ring (bicyclic) bond motifs is 1. The van der Waals surface area contributed by atoms with Gasteiger partial charge >= 0.3 is 0 Å². The molecule has 1 aliphatic heterocycles. The average molecular weight is 491 g/mol. The molecule has 3 aromatic rings. The molecule has 1 N–H and O–H groups in total. The molecule has 35 heavy (non-hydrogen) atoms. The summed E-state index contributed by atoms with van der Waals surface area (Å²) in [6, 6.07) is 11.1. The fourth-order valence-electron chi connectivity index (χ4n) is 4.44. The highest BCUT2D eigenvalue weighted by molar-refractivity contribution is 7.98. The van der Waals surface area contributed by atoms with Gasteiger partial charge in [-0.2, -0.15) is 0 Å². The van der Waals surface area contributed by atoms with E-state index in [1.165, 1.54) is 54.9 Å². The fourth-order valence-corrected chi connectivity index (χ4v) is 4.87. The number of hydrogen-bond donors (Lipinski definition) is 1. The SMILES string of the molecule is CSc1ccc(CNC(=O)c2cnc3c(c2)OCCN3c2cc(C3CC3)nc(C3CC3)c2)c(F)c1. The first kappa shape index (κ1) is 22.3. The van der Waals surface area contributed by atoms with Crippen molar-refractivity contribution in [2.24, 2.45) is 0 Å². The summed E-state index contributed by atoms with van der Waals surface area (Å²) < 4.78 is 20.2. The van der Waals surface area contributed by atoms with Crippen LogP contribution in [0.2, 0.25) is 0 Å². The Morgan fingerprint density at radius 1 is 1.14 bits per heavy atom.